The standard InChI is InChI=1S/C25H29NO5/c1-4-5-6-15-26-22(17-7-11-19(27)12-8-17)21(24(29)25(26)30)23(28)18-9-13-20(14-10-18)31-16(2)3/h7-14,16,22,27-28H,4-6,15H2,1-3H3/b23-21-. The van der Waals surface area contributed by atoms with E-state index in [1.165, 1.54) is 17.0 Å². The number of carbonyl (C=O) groups excluding carboxylic acids is 2. The van der Waals surface area contributed by atoms with Gasteiger partial charge < -0.3 is 19.8 Å². The van der Waals surface area contributed by atoms with Crippen molar-refractivity contribution in [1.29, 1.82) is 0 Å². The van der Waals surface area contributed by atoms with Gasteiger partial charge in [-0.1, -0.05) is 31.9 Å². The van der Waals surface area contributed by atoms with E-state index in [-0.39, 0.29) is 23.2 Å². The summed E-state index contributed by atoms with van der Waals surface area (Å²) in [4.78, 5) is 27.3. The quantitative estimate of drug-likeness (QED) is 0.276. The van der Waals surface area contributed by atoms with Crippen molar-refractivity contribution in [3.63, 3.8) is 0 Å². The van der Waals surface area contributed by atoms with Crippen molar-refractivity contribution >= 4 is 17.4 Å². The Hall–Kier alpha value is -3.28. The lowest BCUT2D eigenvalue weighted by atomic mass is 9.95. The number of nitrogens with zero attached hydrogens (tertiary/aromatic N) is 1. The number of aliphatic hydroxyl groups excluding tert-OH is 1. The fourth-order valence-electron chi connectivity index (χ4n) is 3.76. The lowest BCUT2D eigenvalue weighted by Crippen LogP contribution is -2.30. The molecule has 2 N–H and O–H groups in total. The topological polar surface area (TPSA) is 87.1 Å². The smallest absolute Gasteiger partial charge is 0.295 e. The Labute approximate surface area is 182 Å². The molecule has 0 spiro atoms. The molecule has 0 saturated carbocycles. The van der Waals surface area contributed by atoms with E-state index in [1.54, 1.807) is 36.4 Å². The summed E-state index contributed by atoms with van der Waals surface area (Å²) < 4.78 is 5.64. The third-order valence-corrected chi connectivity index (χ3v) is 5.25. The Balaban J connectivity index is 2.04. The van der Waals surface area contributed by atoms with Gasteiger partial charge in [0.1, 0.15) is 17.3 Å². The summed E-state index contributed by atoms with van der Waals surface area (Å²) >= 11 is 0. The van der Waals surface area contributed by atoms with Gasteiger partial charge in [0.2, 0.25) is 0 Å². The summed E-state index contributed by atoms with van der Waals surface area (Å²) in [5.74, 6) is -0.787. The first kappa shape index (κ1) is 22.4. The average Bonchev–Trinajstić information content (AvgIpc) is 2.99. The molecule has 0 bridgehead atoms. The van der Waals surface area contributed by atoms with Crippen LogP contribution in [0.15, 0.2) is 54.1 Å². The molecule has 2 aromatic rings. The number of ether oxygens (including phenoxy) is 1. The lowest BCUT2D eigenvalue weighted by Gasteiger charge is -2.25. The second-order valence-electron chi connectivity index (χ2n) is 7.98. The fraction of sp³-hybridized carbons (Fsp3) is 0.360. The molecule has 0 radical (unpaired) electrons. The molecule has 2 aromatic carbocycles. The summed E-state index contributed by atoms with van der Waals surface area (Å²) in [5.41, 5.74) is 1.16. The summed E-state index contributed by atoms with van der Waals surface area (Å²) in [6.07, 6.45) is 2.70. The third-order valence-electron chi connectivity index (χ3n) is 5.25. The summed E-state index contributed by atoms with van der Waals surface area (Å²) in [6.45, 7) is 6.33. The molecule has 1 atom stereocenters. The number of benzene rings is 2. The largest absolute Gasteiger partial charge is 0.508 e. The van der Waals surface area contributed by atoms with Crippen LogP contribution in [0.2, 0.25) is 0 Å². The molecule has 164 valence electrons. The molecule has 1 fully saturated rings. The number of rotatable bonds is 8. The zero-order chi connectivity index (χ0) is 22.5. The molecule has 1 unspecified atom stereocenters. The Kier molecular flexibility index (Phi) is 7.00. The van der Waals surface area contributed by atoms with E-state index in [9.17, 15) is 19.8 Å². The zero-order valence-electron chi connectivity index (χ0n) is 18.2. The number of unbranched alkanes of at least 4 members (excludes halogenated alkanes) is 2. The van der Waals surface area contributed by atoms with Crippen LogP contribution >= 0.6 is 0 Å². The van der Waals surface area contributed by atoms with E-state index in [0.29, 0.717) is 23.4 Å². The van der Waals surface area contributed by atoms with Crippen LogP contribution in [0.5, 0.6) is 11.5 Å². The first-order chi connectivity index (χ1) is 14.8. The van der Waals surface area contributed by atoms with Crippen molar-refractivity contribution in [2.75, 3.05) is 6.54 Å². The number of phenols is 1. The van der Waals surface area contributed by atoms with Crippen LogP contribution in [0.1, 0.15) is 57.2 Å². The summed E-state index contributed by atoms with van der Waals surface area (Å²) in [5, 5.41) is 20.7. The van der Waals surface area contributed by atoms with E-state index in [1.807, 2.05) is 13.8 Å². The molecule has 0 aromatic heterocycles. The number of amides is 1. The maximum atomic E-state index is 12.9. The number of hydrogen-bond acceptors (Lipinski definition) is 5. The molecule has 3 rings (SSSR count). The number of ketones is 1. The minimum absolute atomic E-state index is 0.0161. The molecule has 6 nitrogen and oxygen atoms in total. The van der Waals surface area contributed by atoms with Gasteiger partial charge in [-0.3, -0.25) is 9.59 Å². The lowest BCUT2D eigenvalue weighted by molar-refractivity contribution is -0.139. The molecule has 31 heavy (non-hydrogen) atoms. The molecule has 1 aliphatic rings. The SMILES string of the molecule is CCCCCN1C(=O)C(=O)/C(=C(\O)c2ccc(OC(C)C)cc2)C1c1ccc(O)cc1. The van der Waals surface area contributed by atoms with Gasteiger partial charge in [-0.15, -0.1) is 0 Å². The minimum atomic E-state index is -0.705. The van der Waals surface area contributed by atoms with Gasteiger partial charge in [0.05, 0.1) is 17.7 Å². The second kappa shape index (κ2) is 9.69. The normalized spacial score (nSPS) is 18.1. The van der Waals surface area contributed by atoms with Gasteiger partial charge in [-0.05, 0) is 62.2 Å². The first-order valence-electron chi connectivity index (χ1n) is 10.7. The van der Waals surface area contributed by atoms with E-state index in [0.717, 1.165) is 19.3 Å². The Morgan fingerprint density at radius 2 is 1.68 bits per heavy atom. The Morgan fingerprint density at radius 3 is 2.26 bits per heavy atom. The van der Waals surface area contributed by atoms with Crippen molar-refractivity contribution in [1.82, 2.24) is 4.90 Å². The molecule has 6 heteroatoms. The number of phenolic OH excluding ortho intramolecular Hbond substituents is 1. The maximum absolute atomic E-state index is 12.9. The Bertz CT molecular complexity index is 960. The van der Waals surface area contributed by atoms with Gasteiger partial charge in [0.15, 0.2) is 0 Å². The highest BCUT2D eigenvalue weighted by atomic mass is 16.5. The van der Waals surface area contributed by atoms with E-state index in [2.05, 4.69) is 6.92 Å². The van der Waals surface area contributed by atoms with Crippen molar-refractivity contribution in [2.24, 2.45) is 0 Å². The van der Waals surface area contributed by atoms with Crippen molar-refractivity contribution in [2.45, 2.75) is 52.2 Å². The van der Waals surface area contributed by atoms with Gasteiger partial charge in [-0.2, -0.15) is 0 Å². The van der Waals surface area contributed by atoms with Crippen LogP contribution in [-0.2, 0) is 9.59 Å². The number of hydrogen-bond donors (Lipinski definition) is 2. The van der Waals surface area contributed by atoms with Gasteiger partial charge >= 0.3 is 0 Å². The molecule has 1 aliphatic heterocycles. The minimum Gasteiger partial charge on any atom is -0.508 e. The number of aromatic hydroxyl groups is 1. The highest BCUT2D eigenvalue weighted by Crippen LogP contribution is 2.40. The van der Waals surface area contributed by atoms with Crippen molar-refractivity contribution in [3.8, 4) is 11.5 Å². The number of likely N-dealkylation sites (tertiary alicyclic amines) is 1. The highest BCUT2D eigenvalue weighted by Gasteiger charge is 2.45. The molecular weight excluding hydrogens is 394 g/mol. The van der Waals surface area contributed by atoms with Crippen LogP contribution < -0.4 is 4.74 Å². The van der Waals surface area contributed by atoms with Crippen LogP contribution in [0, 0.1) is 0 Å². The summed E-state index contributed by atoms with van der Waals surface area (Å²) in [7, 11) is 0. The van der Waals surface area contributed by atoms with Gasteiger partial charge in [0, 0.05) is 12.1 Å². The maximum Gasteiger partial charge on any atom is 0.295 e. The van der Waals surface area contributed by atoms with Crippen LogP contribution in [0.3, 0.4) is 0 Å². The molecule has 1 amide bonds. The van der Waals surface area contributed by atoms with Crippen LogP contribution in [0.25, 0.3) is 5.76 Å². The van der Waals surface area contributed by atoms with E-state index in [4.69, 9.17) is 4.74 Å². The predicted molar refractivity (Wildman–Crippen MR) is 119 cm³/mol. The van der Waals surface area contributed by atoms with E-state index < -0.39 is 17.7 Å². The molecule has 1 saturated heterocycles. The molecule has 0 aliphatic carbocycles. The Morgan fingerprint density at radius 1 is 1.03 bits per heavy atom. The monoisotopic (exact) mass is 423 g/mol. The molecular formula is C25H29NO5. The number of aliphatic hydroxyl groups is 1. The van der Waals surface area contributed by atoms with Gasteiger partial charge in [-0.25, -0.2) is 0 Å². The van der Waals surface area contributed by atoms with Crippen molar-refractivity contribution in [3.05, 3.63) is 65.2 Å². The predicted octanol–water partition coefficient (Wildman–Crippen LogP) is 4.79. The second-order valence-corrected chi connectivity index (χ2v) is 7.98. The van der Waals surface area contributed by atoms with Crippen LogP contribution in [0.4, 0.5) is 0 Å². The van der Waals surface area contributed by atoms with Gasteiger partial charge in [0.25, 0.3) is 11.7 Å². The van der Waals surface area contributed by atoms with E-state index >= 15 is 0 Å². The number of Topliss-reactive ketones (excluding diaryl/α,β-unsaturated/α-hetero) is 1. The highest BCUT2D eigenvalue weighted by molar-refractivity contribution is 6.46. The number of carbonyl (C=O) groups is 2. The third kappa shape index (κ3) is 4.90. The summed E-state index contributed by atoms with van der Waals surface area (Å²) in [6, 6.07) is 12.5. The van der Waals surface area contributed by atoms with Crippen molar-refractivity contribution < 1.29 is 24.5 Å². The average molecular weight is 424 g/mol. The zero-order valence-corrected chi connectivity index (χ0v) is 18.2. The molecule has 1 heterocycles. The van der Waals surface area contributed by atoms with Crippen LogP contribution in [-0.4, -0.2) is 39.5 Å². The fourth-order valence-corrected chi connectivity index (χ4v) is 3.76. The first-order valence-corrected chi connectivity index (χ1v) is 10.7.